The highest BCUT2D eigenvalue weighted by Crippen LogP contribution is 2.30. The van der Waals surface area contributed by atoms with Gasteiger partial charge in [-0.25, -0.2) is 4.79 Å². The lowest BCUT2D eigenvalue weighted by Crippen LogP contribution is -2.03. The van der Waals surface area contributed by atoms with Crippen LogP contribution in [0.5, 0.6) is 5.75 Å². The van der Waals surface area contributed by atoms with E-state index in [0.717, 1.165) is 27.7 Å². The standard InChI is InChI=1S/C22H19NO3/c1-25-17-10-7-15(8-11-17)14-23-20-6-4-3-5-18(20)19-12-9-16(13-21(19)23)22(24)26-2/h3-13H,14H2,1-2H3. The zero-order chi connectivity index (χ0) is 18.1. The highest BCUT2D eigenvalue weighted by atomic mass is 16.5. The molecule has 1 heterocycles. The number of carbonyl (C=O) groups excluding carboxylic acids is 1. The fourth-order valence-electron chi connectivity index (χ4n) is 3.38. The first-order chi connectivity index (χ1) is 12.7. The summed E-state index contributed by atoms with van der Waals surface area (Å²) < 4.78 is 12.4. The molecule has 0 saturated heterocycles. The first-order valence-corrected chi connectivity index (χ1v) is 8.43. The predicted molar refractivity (Wildman–Crippen MR) is 103 cm³/mol. The quantitative estimate of drug-likeness (QED) is 0.506. The van der Waals surface area contributed by atoms with Crippen molar-refractivity contribution in [3.63, 3.8) is 0 Å². The smallest absolute Gasteiger partial charge is 0.337 e. The van der Waals surface area contributed by atoms with Gasteiger partial charge in [-0.1, -0.05) is 36.4 Å². The van der Waals surface area contributed by atoms with Gasteiger partial charge in [0, 0.05) is 22.8 Å². The average molecular weight is 345 g/mol. The second-order valence-corrected chi connectivity index (χ2v) is 6.17. The van der Waals surface area contributed by atoms with E-state index in [0.29, 0.717) is 12.1 Å². The van der Waals surface area contributed by atoms with Gasteiger partial charge in [0.15, 0.2) is 0 Å². The van der Waals surface area contributed by atoms with Gasteiger partial charge in [0.25, 0.3) is 0 Å². The molecule has 130 valence electrons. The molecule has 0 spiro atoms. The molecule has 0 aliphatic carbocycles. The Hall–Kier alpha value is -3.27. The van der Waals surface area contributed by atoms with Gasteiger partial charge >= 0.3 is 5.97 Å². The van der Waals surface area contributed by atoms with Crippen LogP contribution in [0.3, 0.4) is 0 Å². The Labute approximate surface area is 151 Å². The molecule has 0 radical (unpaired) electrons. The Kier molecular flexibility index (Phi) is 4.09. The summed E-state index contributed by atoms with van der Waals surface area (Å²) in [6.07, 6.45) is 0. The lowest BCUT2D eigenvalue weighted by atomic mass is 10.1. The van der Waals surface area contributed by atoms with Crippen LogP contribution in [0.4, 0.5) is 0 Å². The molecule has 4 rings (SSSR count). The largest absolute Gasteiger partial charge is 0.497 e. The van der Waals surface area contributed by atoms with Crippen molar-refractivity contribution in [1.29, 1.82) is 0 Å². The summed E-state index contributed by atoms with van der Waals surface area (Å²) in [4.78, 5) is 12.0. The number of hydrogen-bond donors (Lipinski definition) is 0. The summed E-state index contributed by atoms with van der Waals surface area (Å²) in [5.41, 5.74) is 3.88. The molecule has 26 heavy (non-hydrogen) atoms. The SMILES string of the molecule is COC(=O)c1ccc2c3ccccc3n(Cc3ccc(OC)cc3)c2c1. The summed E-state index contributed by atoms with van der Waals surface area (Å²) in [5, 5.41) is 2.30. The monoisotopic (exact) mass is 345 g/mol. The first kappa shape index (κ1) is 16.2. The molecule has 3 aromatic carbocycles. The van der Waals surface area contributed by atoms with Crippen molar-refractivity contribution >= 4 is 27.8 Å². The minimum Gasteiger partial charge on any atom is -0.497 e. The zero-order valence-electron chi connectivity index (χ0n) is 14.7. The maximum Gasteiger partial charge on any atom is 0.337 e. The Morgan fingerprint density at radius 2 is 1.62 bits per heavy atom. The Bertz CT molecular complexity index is 1090. The molecule has 4 aromatic rings. The summed E-state index contributed by atoms with van der Waals surface area (Å²) in [6.45, 7) is 0.707. The number of nitrogens with zero attached hydrogens (tertiary/aromatic N) is 1. The lowest BCUT2D eigenvalue weighted by Gasteiger charge is -2.09. The Morgan fingerprint density at radius 1 is 0.885 bits per heavy atom. The molecule has 0 saturated carbocycles. The van der Waals surface area contributed by atoms with Gasteiger partial charge < -0.3 is 14.0 Å². The zero-order valence-corrected chi connectivity index (χ0v) is 14.7. The van der Waals surface area contributed by atoms with Gasteiger partial charge in [-0.15, -0.1) is 0 Å². The number of esters is 1. The van der Waals surface area contributed by atoms with Crippen LogP contribution in [-0.4, -0.2) is 24.8 Å². The van der Waals surface area contributed by atoms with Crippen LogP contribution < -0.4 is 4.74 Å². The maximum atomic E-state index is 12.0. The second kappa shape index (κ2) is 6.56. The highest BCUT2D eigenvalue weighted by Gasteiger charge is 2.14. The highest BCUT2D eigenvalue weighted by molar-refractivity contribution is 6.09. The lowest BCUT2D eigenvalue weighted by molar-refractivity contribution is 0.0601. The number of fused-ring (bicyclic) bond motifs is 3. The molecule has 0 atom stereocenters. The van der Waals surface area contributed by atoms with Crippen LogP contribution in [0.2, 0.25) is 0 Å². The molecule has 0 fully saturated rings. The summed E-state index contributed by atoms with van der Waals surface area (Å²) in [7, 11) is 3.07. The van der Waals surface area contributed by atoms with Gasteiger partial charge in [-0.05, 0) is 35.9 Å². The molecule has 4 heteroatoms. The molecular formula is C22H19NO3. The minimum atomic E-state index is -0.326. The van der Waals surface area contributed by atoms with Crippen LogP contribution in [-0.2, 0) is 11.3 Å². The van der Waals surface area contributed by atoms with Crippen LogP contribution in [0.1, 0.15) is 15.9 Å². The molecule has 0 aliphatic heterocycles. The third-order valence-corrected chi connectivity index (χ3v) is 4.69. The predicted octanol–water partition coefficient (Wildman–Crippen LogP) is 4.64. The number of hydrogen-bond acceptors (Lipinski definition) is 3. The molecule has 0 amide bonds. The molecule has 0 aliphatic rings. The van der Waals surface area contributed by atoms with Gasteiger partial charge in [-0.3, -0.25) is 0 Å². The van der Waals surface area contributed by atoms with Crippen molar-refractivity contribution in [2.75, 3.05) is 14.2 Å². The third-order valence-electron chi connectivity index (χ3n) is 4.69. The fourth-order valence-corrected chi connectivity index (χ4v) is 3.38. The number of methoxy groups -OCH3 is 2. The second-order valence-electron chi connectivity index (χ2n) is 6.17. The minimum absolute atomic E-state index is 0.326. The Balaban J connectivity index is 1.90. The summed E-state index contributed by atoms with van der Waals surface area (Å²) >= 11 is 0. The number of carbonyl (C=O) groups is 1. The summed E-state index contributed by atoms with van der Waals surface area (Å²) in [6, 6.07) is 22.0. The van der Waals surface area contributed by atoms with Crippen molar-refractivity contribution in [2.24, 2.45) is 0 Å². The van der Waals surface area contributed by atoms with E-state index in [2.05, 4.69) is 28.8 Å². The number of para-hydroxylation sites is 1. The van der Waals surface area contributed by atoms with Crippen molar-refractivity contribution in [2.45, 2.75) is 6.54 Å². The third kappa shape index (κ3) is 2.69. The number of benzene rings is 3. The fraction of sp³-hybridized carbons (Fsp3) is 0.136. The summed E-state index contributed by atoms with van der Waals surface area (Å²) in [5.74, 6) is 0.511. The van der Waals surface area contributed by atoms with E-state index in [9.17, 15) is 4.79 Å². The van der Waals surface area contributed by atoms with Gasteiger partial charge in [0.2, 0.25) is 0 Å². The van der Waals surface area contributed by atoms with Crippen molar-refractivity contribution in [1.82, 2.24) is 4.57 Å². The van der Waals surface area contributed by atoms with Crippen molar-refractivity contribution < 1.29 is 14.3 Å². The van der Waals surface area contributed by atoms with Crippen molar-refractivity contribution in [3.8, 4) is 5.75 Å². The first-order valence-electron chi connectivity index (χ1n) is 8.43. The van der Waals surface area contributed by atoms with E-state index < -0.39 is 0 Å². The molecule has 1 aromatic heterocycles. The molecule has 0 N–H and O–H groups in total. The van der Waals surface area contributed by atoms with E-state index in [4.69, 9.17) is 9.47 Å². The molecular weight excluding hydrogens is 326 g/mol. The number of aromatic nitrogens is 1. The average Bonchev–Trinajstić information content (AvgIpc) is 3.01. The topological polar surface area (TPSA) is 40.5 Å². The van der Waals surface area contributed by atoms with Crippen LogP contribution >= 0.6 is 0 Å². The molecule has 4 nitrogen and oxygen atoms in total. The van der Waals surface area contributed by atoms with E-state index >= 15 is 0 Å². The van der Waals surface area contributed by atoms with E-state index in [-0.39, 0.29) is 5.97 Å². The number of rotatable bonds is 4. The van der Waals surface area contributed by atoms with Crippen molar-refractivity contribution in [3.05, 3.63) is 77.9 Å². The van der Waals surface area contributed by atoms with Crippen LogP contribution in [0, 0.1) is 0 Å². The van der Waals surface area contributed by atoms with Crippen LogP contribution in [0.15, 0.2) is 66.7 Å². The van der Waals surface area contributed by atoms with Crippen LogP contribution in [0.25, 0.3) is 21.8 Å². The van der Waals surface area contributed by atoms with E-state index in [1.54, 1.807) is 7.11 Å². The Morgan fingerprint density at radius 3 is 2.35 bits per heavy atom. The van der Waals surface area contributed by atoms with Gasteiger partial charge in [0.05, 0.1) is 25.3 Å². The van der Waals surface area contributed by atoms with E-state index in [1.165, 1.54) is 12.5 Å². The van der Waals surface area contributed by atoms with Gasteiger partial charge in [0.1, 0.15) is 5.75 Å². The molecule has 0 unspecified atom stereocenters. The normalized spacial score (nSPS) is 11.0. The molecule has 0 bridgehead atoms. The van der Waals surface area contributed by atoms with Gasteiger partial charge in [-0.2, -0.15) is 0 Å². The maximum absolute atomic E-state index is 12.0. The van der Waals surface area contributed by atoms with E-state index in [1.807, 2.05) is 42.5 Å². The number of ether oxygens (including phenoxy) is 2.